The number of anilines is 2. The number of carbonyl (C=O) groups is 1. The Balaban J connectivity index is 1.43. The number of fused-ring (bicyclic) bond motifs is 1. The average molecular weight is 535 g/mol. The SMILES string of the molecule is COc1cc2[nH]c(C(=O)c3cnn(-c4cnc(Oc5ccccc5F)cc4C)c3N)cc2cc1NS(C)=O. The number of aromatic nitrogens is 4. The number of ketones is 1. The van der Waals surface area contributed by atoms with E-state index >= 15 is 0 Å². The van der Waals surface area contributed by atoms with Crippen LogP contribution in [0.25, 0.3) is 16.6 Å². The third kappa shape index (κ3) is 4.68. The average Bonchev–Trinajstić information content (AvgIpc) is 3.47. The number of carbonyl (C=O) groups excluding carboxylic acids is 1. The fourth-order valence-electron chi connectivity index (χ4n) is 4.00. The topological polar surface area (TPSA) is 137 Å². The first-order valence-corrected chi connectivity index (χ1v) is 12.9. The number of H-pyrrole nitrogens is 1. The van der Waals surface area contributed by atoms with Gasteiger partial charge in [0.15, 0.2) is 11.6 Å². The third-order valence-electron chi connectivity index (χ3n) is 5.83. The number of nitrogens with zero attached hydrogens (tertiary/aromatic N) is 3. The zero-order valence-electron chi connectivity index (χ0n) is 20.6. The summed E-state index contributed by atoms with van der Waals surface area (Å²) in [6, 6.07) is 12.8. The normalized spacial score (nSPS) is 11.9. The van der Waals surface area contributed by atoms with Gasteiger partial charge in [0.2, 0.25) is 11.7 Å². The lowest BCUT2D eigenvalue weighted by Gasteiger charge is -2.11. The quantitative estimate of drug-likeness (QED) is 0.249. The van der Waals surface area contributed by atoms with Gasteiger partial charge in [-0.15, -0.1) is 0 Å². The predicted molar refractivity (Wildman–Crippen MR) is 143 cm³/mol. The van der Waals surface area contributed by atoms with E-state index < -0.39 is 16.8 Å². The molecule has 5 aromatic rings. The number of nitrogens with two attached hydrogens (primary N) is 1. The lowest BCUT2D eigenvalue weighted by atomic mass is 10.1. The number of hydrogen-bond acceptors (Lipinski definition) is 7. The Morgan fingerprint density at radius 1 is 1.16 bits per heavy atom. The fourth-order valence-corrected chi connectivity index (χ4v) is 4.47. The van der Waals surface area contributed by atoms with Crippen molar-refractivity contribution < 1.29 is 22.9 Å². The molecule has 1 unspecified atom stereocenters. The van der Waals surface area contributed by atoms with Crippen molar-refractivity contribution in [3.8, 4) is 23.1 Å². The zero-order chi connectivity index (χ0) is 27.0. The molecular weight excluding hydrogens is 511 g/mol. The number of halogens is 1. The molecule has 4 N–H and O–H groups in total. The number of aryl methyl sites for hydroxylation is 1. The summed E-state index contributed by atoms with van der Waals surface area (Å²) in [5, 5.41) is 5.02. The summed E-state index contributed by atoms with van der Waals surface area (Å²) in [6.07, 6.45) is 4.39. The number of pyridine rings is 1. The third-order valence-corrected chi connectivity index (χ3v) is 6.34. The van der Waals surface area contributed by atoms with Crippen molar-refractivity contribution in [2.24, 2.45) is 0 Å². The number of aromatic amines is 1. The van der Waals surface area contributed by atoms with Crippen molar-refractivity contribution in [2.75, 3.05) is 23.8 Å². The number of para-hydroxylation sites is 1. The molecule has 3 heterocycles. The van der Waals surface area contributed by atoms with Gasteiger partial charge in [-0.2, -0.15) is 5.10 Å². The van der Waals surface area contributed by atoms with E-state index in [9.17, 15) is 13.4 Å². The molecule has 10 nitrogen and oxygen atoms in total. The van der Waals surface area contributed by atoms with Crippen molar-refractivity contribution in [3.63, 3.8) is 0 Å². The molecule has 0 amide bonds. The van der Waals surface area contributed by atoms with Crippen LogP contribution in [0.1, 0.15) is 21.6 Å². The Hall–Kier alpha value is -4.71. The molecule has 194 valence electrons. The van der Waals surface area contributed by atoms with Gasteiger partial charge in [0.1, 0.15) is 22.6 Å². The summed E-state index contributed by atoms with van der Waals surface area (Å²) < 4.78 is 40.7. The van der Waals surface area contributed by atoms with Crippen molar-refractivity contribution in [3.05, 3.63) is 83.6 Å². The maximum Gasteiger partial charge on any atom is 0.219 e. The minimum Gasteiger partial charge on any atom is -0.494 e. The number of hydrogen-bond donors (Lipinski definition) is 3. The monoisotopic (exact) mass is 534 g/mol. The molecule has 0 radical (unpaired) electrons. The van der Waals surface area contributed by atoms with Crippen LogP contribution in [0.4, 0.5) is 15.9 Å². The standard InChI is InChI=1S/C26H23FN6O4S/c1-14-8-24(37-22-7-5-4-6-17(22)27)29-13-21(14)33-26(28)16(12-30-33)25(34)20-10-15-9-19(32-38(3)35)23(36-2)11-18(15)31-20/h4-13,31-32H,28H2,1-3H3. The number of benzene rings is 2. The van der Waals surface area contributed by atoms with Gasteiger partial charge in [0, 0.05) is 29.3 Å². The summed E-state index contributed by atoms with van der Waals surface area (Å²) in [4.78, 5) is 20.7. The summed E-state index contributed by atoms with van der Waals surface area (Å²) >= 11 is 0. The lowest BCUT2D eigenvalue weighted by molar-refractivity contribution is 0.103. The molecule has 0 fully saturated rings. The molecule has 0 bridgehead atoms. The van der Waals surface area contributed by atoms with Gasteiger partial charge >= 0.3 is 0 Å². The Morgan fingerprint density at radius 2 is 1.95 bits per heavy atom. The minimum atomic E-state index is -1.30. The summed E-state index contributed by atoms with van der Waals surface area (Å²) in [6.45, 7) is 1.80. The zero-order valence-corrected chi connectivity index (χ0v) is 21.4. The van der Waals surface area contributed by atoms with Gasteiger partial charge in [-0.1, -0.05) is 12.1 Å². The number of methoxy groups -OCH3 is 1. The molecule has 5 rings (SSSR count). The van der Waals surface area contributed by atoms with E-state index in [1.807, 2.05) is 0 Å². The second-order valence-electron chi connectivity index (χ2n) is 8.40. The fraction of sp³-hybridized carbons (Fsp3) is 0.115. The first-order chi connectivity index (χ1) is 18.2. The molecule has 0 spiro atoms. The van der Waals surface area contributed by atoms with Crippen molar-refractivity contribution >= 4 is 39.2 Å². The highest BCUT2D eigenvalue weighted by molar-refractivity contribution is 7.85. The highest BCUT2D eigenvalue weighted by Crippen LogP contribution is 2.32. The van der Waals surface area contributed by atoms with Crippen LogP contribution in [0.15, 0.2) is 60.9 Å². The van der Waals surface area contributed by atoms with E-state index in [0.717, 1.165) is 5.39 Å². The van der Waals surface area contributed by atoms with Crippen LogP contribution in [0.3, 0.4) is 0 Å². The number of rotatable bonds is 8. The van der Waals surface area contributed by atoms with Crippen LogP contribution in [0.2, 0.25) is 0 Å². The van der Waals surface area contributed by atoms with E-state index in [-0.39, 0.29) is 28.8 Å². The molecule has 1 atom stereocenters. The van der Waals surface area contributed by atoms with Gasteiger partial charge in [0.25, 0.3) is 0 Å². The first-order valence-electron chi connectivity index (χ1n) is 11.3. The van der Waals surface area contributed by atoms with Crippen LogP contribution in [0, 0.1) is 12.7 Å². The molecule has 0 saturated heterocycles. The maximum atomic E-state index is 13.9. The highest BCUT2D eigenvalue weighted by Gasteiger charge is 2.21. The van der Waals surface area contributed by atoms with Crippen LogP contribution in [-0.4, -0.2) is 43.1 Å². The Morgan fingerprint density at radius 3 is 2.66 bits per heavy atom. The van der Waals surface area contributed by atoms with E-state index in [2.05, 4.69) is 19.8 Å². The van der Waals surface area contributed by atoms with Gasteiger partial charge in [-0.3, -0.25) is 4.79 Å². The van der Waals surface area contributed by atoms with Crippen LogP contribution in [-0.2, 0) is 11.0 Å². The molecule has 0 aliphatic carbocycles. The summed E-state index contributed by atoms with van der Waals surface area (Å²) in [5.41, 5.74) is 9.26. The maximum absolute atomic E-state index is 13.9. The number of nitrogens with one attached hydrogen (secondary N) is 2. The molecule has 38 heavy (non-hydrogen) atoms. The Bertz CT molecular complexity index is 1710. The molecule has 0 saturated carbocycles. The molecule has 0 aliphatic heterocycles. The first kappa shape index (κ1) is 25.0. The van der Waals surface area contributed by atoms with Gasteiger partial charge in [0.05, 0.1) is 42.1 Å². The Labute approximate surface area is 219 Å². The smallest absolute Gasteiger partial charge is 0.219 e. The van der Waals surface area contributed by atoms with Crippen LogP contribution in [0.5, 0.6) is 17.4 Å². The second kappa shape index (κ2) is 9.98. The number of nitrogen functional groups attached to an aromatic ring is 1. The highest BCUT2D eigenvalue weighted by atomic mass is 32.2. The van der Waals surface area contributed by atoms with E-state index in [4.69, 9.17) is 15.2 Å². The van der Waals surface area contributed by atoms with Gasteiger partial charge in [-0.25, -0.2) is 18.3 Å². The Kier molecular flexibility index (Phi) is 6.55. The van der Waals surface area contributed by atoms with E-state index in [0.29, 0.717) is 33.9 Å². The predicted octanol–water partition coefficient (Wildman–Crippen LogP) is 4.52. The van der Waals surface area contributed by atoms with Gasteiger partial charge in [-0.05, 0) is 36.8 Å². The van der Waals surface area contributed by atoms with Gasteiger partial charge < -0.3 is 24.9 Å². The molecular formula is C26H23FN6O4S. The van der Waals surface area contributed by atoms with Crippen LogP contribution >= 0.6 is 0 Å². The summed E-state index contributed by atoms with van der Waals surface area (Å²) in [5.74, 6) is 0.00313. The minimum absolute atomic E-state index is 0.0560. The largest absolute Gasteiger partial charge is 0.494 e. The lowest BCUT2D eigenvalue weighted by Crippen LogP contribution is -2.09. The van der Waals surface area contributed by atoms with Crippen molar-refractivity contribution in [1.29, 1.82) is 0 Å². The number of ether oxygens (including phenoxy) is 2. The summed E-state index contributed by atoms with van der Waals surface area (Å²) in [7, 11) is 0.203. The van der Waals surface area contributed by atoms with E-state index in [1.54, 1.807) is 43.3 Å². The van der Waals surface area contributed by atoms with Crippen molar-refractivity contribution in [1.82, 2.24) is 19.7 Å². The second-order valence-corrected chi connectivity index (χ2v) is 9.52. The molecule has 2 aromatic carbocycles. The molecule has 3 aromatic heterocycles. The van der Waals surface area contributed by atoms with E-state index in [1.165, 1.54) is 42.6 Å². The molecule has 0 aliphatic rings. The van der Waals surface area contributed by atoms with Crippen molar-refractivity contribution in [2.45, 2.75) is 6.92 Å². The van der Waals surface area contributed by atoms with Crippen LogP contribution < -0.4 is 19.9 Å². The molecule has 12 heteroatoms.